The molecule has 4 heteroatoms. The summed E-state index contributed by atoms with van der Waals surface area (Å²) < 4.78 is 0. The van der Waals surface area contributed by atoms with Gasteiger partial charge in [-0.3, -0.25) is 4.79 Å². The molecule has 96 valence electrons. The Kier molecular flexibility index (Phi) is 4.02. The molecule has 0 aromatic carbocycles. The highest BCUT2D eigenvalue weighted by Gasteiger charge is 2.37. The van der Waals surface area contributed by atoms with Crippen LogP contribution in [0.4, 0.5) is 0 Å². The molecule has 0 aromatic heterocycles. The zero-order valence-corrected chi connectivity index (χ0v) is 10.2. The highest BCUT2D eigenvalue weighted by molar-refractivity contribution is 5.85. The van der Waals surface area contributed by atoms with E-state index < -0.39 is 12.0 Å². The number of likely N-dealkylation sites (tertiary alicyclic amines) is 1. The minimum absolute atomic E-state index is 0.0514. The maximum atomic E-state index is 12.0. The predicted molar refractivity (Wildman–Crippen MR) is 63.6 cm³/mol. The molecule has 1 aliphatic heterocycles. The van der Waals surface area contributed by atoms with Gasteiger partial charge in [-0.15, -0.1) is 0 Å². The Morgan fingerprint density at radius 2 is 1.71 bits per heavy atom. The number of hydrogen-bond acceptors (Lipinski definition) is 2. The lowest BCUT2D eigenvalue weighted by molar-refractivity contribution is -0.155. The number of carbonyl (C=O) groups excluding carboxylic acids is 1. The summed E-state index contributed by atoms with van der Waals surface area (Å²) in [4.78, 5) is 24.9. The quantitative estimate of drug-likeness (QED) is 0.751. The van der Waals surface area contributed by atoms with Crippen LogP contribution in [0.2, 0.25) is 0 Å². The van der Waals surface area contributed by atoms with Gasteiger partial charge in [-0.2, -0.15) is 0 Å². The van der Waals surface area contributed by atoms with Gasteiger partial charge >= 0.3 is 5.97 Å². The Labute approximate surface area is 102 Å². The number of hydrogen-bond donors (Lipinski definition) is 1. The fraction of sp³-hybridized carbons (Fsp3) is 0.846. The lowest BCUT2D eigenvalue weighted by atomic mass is 9.96. The largest absolute Gasteiger partial charge is 0.480 e. The molecule has 1 N–H and O–H groups in total. The lowest BCUT2D eigenvalue weighted by Crippen LogP contribution is -2.52. The summed E-state index contributed by atoms with van der Waals surface area (Å²) in [5.74, 6) is -0.780. The van der Waals surface area contributed by atoms with Gasteiger partial charge in [-0.05, 0) is 25.7 Å². The molecular weight excluding hydrogens is 218 g/mol. The van der Waals surface area contributed by atoms with Crippen molar-refractivity contribution in [3.05, 3.63) is 0 Å². The van der Waals surface area contributed by atoms with Crippen molar-refractivity contribution in [3.8, 4) is 0 Å². The Bertz CT molecular complexity index is 295. The third kappa shape index (κ3) is 2.79. The van der Waals surface area contributed by atoms with Crippen LogP contribution in [0.15, 0.2) is 0 Å². The molecule has 2 fully saturated rings. The van der Waals surface area contributed by atoms with Crippen LogP contribution in [0.5, 0.6) is 0 Å². The topological polar surface area (TPSA) is 57.6 Å². The minimum atomic E-state index is -0.831. The van der Waals surface area contributed by atoms with E-state index >= 15 is 0 Å². The Hall–Kier alpha value is -1.06. The molecule has 1 saturated carbocycles. The molecule has 0 radical (unpaired) electrons. The summed E-state index contributed by atoms with van der Waals surface area (Å²) in [5.41, 5.74) is 0. The van der Waals surface area contributed by atoms with Crippen LogP contribution < -0.4 is 0 Å². The van der Waals surface area contributed by atoms with E-state index in [-0.39, 0.29) is 11.9 Å². The molecule has 1 unspecified atom stereocenters. The van der Waals surface area contributed by atoms with Crippen LogP contribution in [0, 0.1) is 0 Å². The molecule has 1 aliphatic carbocycles. The summed E-state index contributed by atoms with van der Waals surface area (Å²) in [6, 6.07) is -0.397. The maximum absolute atomic E-state index is 12.0. The van der Waals surface area contributed by atoms with Gasteiger partial charge in [0.25, 0.3) is 0 Å². The first-order valence-corrected chi connectivity index (χ1v) is 6.74. The Balaban J connectivity index is 2.12. The van der Waals surface area contributed by atoms with Crippen LogP contribution in [-0.2, 0) is 9.59 Å². The molecule has 0 aromatic rings. The fourth-order valence-corrected chi connectivity index (χ4v) is 3.13. The van der Waals surface area contributed by atoms with Gasteiger partial charge in [0.05, 0.1) is 0 Å². The van der Waals surface area contributed by atoms with Crippen molar-refractivity contribution in [2.24, 2.45) is 0 Å². The first-order valence-electron chi connectivity index (χ1n) is 6.74. The van der Waals surface area contributed by atoms with E-state index in [0.29, 0.717) is 12.8 Å². The average Bonchev–Trinajstić information content (AvgIpc) is 2.57. The zero-order valence-electron chi connectivity index (χ0n) is 10.2. The molecule has 2 rings (SSSR count). The highest BCUT2D eigenvalue weighted by atomic mass is 16.4. The summed E-state index contributed by atoms with van der Waals surface area (Å²) in [6.07, 6.45) is 8.52. The number of carboxylic acids is 1. The second-order valence-corrected chi connectivity index (χ2v) is 5.19. The number of rotatable bonds is 2. The van der Waals surface area contributed by atoms with Crippen LogP contribution in [0.3, 0.4) is 0 Å². The van der Waals surface area contributed by atoms with E-state index in [0.717, 1.165) is 32.1 Å². The van der Waals surface area contributed by atoms with Crippen molar-refractivity contribution in [1.29, 1.82) is 0 Å². The van der Waals surface area contributed by atoms with Crippen LogP contribution >= 0.6 is 0 Å². The lowest BCUT2D eigenvalue weighted by Gasteiger charge is -2.39. The molecule has 2 aliphatic rings. The molecule has 4 nitrogen and oxygen atoms in total. The zero-order chi connectivity index (χ0) is 12.3. The van der Waals surface area contributed by atoms with E-state index in [2.05, 4.69) is 0 Å². The molecule has 0 bridgehead atoms. The number of nitrogens with zero attached hydrogens (tertiary/aromatic N) is 1. The normalized spacial score (nSPS) is 27.9. The van der Waals surface area contributed by atoms with Gasteiger partial charge in [0.1, 0.15) is 6.04 Å². The predicted octanol–water partition coefficient (Wildman–Crippen LogP) is 2.17. The Morgan fingerprint density at radius 3 is 2.29 bits per heavy atom. The molecule has 1 atom stereocenters. The van der Waals surface area contributed by atoms with E-state index in [4.69, 9.17) is 0 Å². The number of carbonyl (C=O) groups is 2. The summed E-state index contributed by atoms with van der Waals surface area (Å²) in [6.45, 7) is 0. The van der Waals surface area contributed by atoms with Crippen molar-refractivity contribution >= 4 is 11.9 Å². The van der Waals surface area contributed by atoms with Crippen molar-refractivity contribution in [3.63, 3.8) is 0 Å². The fourth-order valence-electron chi connectivity index (χ4n) is 3.13. The highest BCUT2D eigenvalue weighted by Crippen LogP contribution is 2.28. The van der Waals surface area contributed by atoms with Crippen molar-refractivity contribution in [2.75, 3.05) is 0 Å². The third-order valence-corrected chi connectivity index (χ3v) is 4.00. The minimum Gasteiger partial charge on any atom is -0.480 e. The summed E-state index contributed by atoms with van der Waals surface area (Å²) in [5, 5.41) is 9.23. The number of amides is 1. The Morgan fingerprint density at radius 1 is 1.06 bits per heavy atom. The van der Waals surface area contributed by atoms with Crippen LogP contribution in [0.25, 0.3) is 0 Å². The van der Waals surface area contributed by atoms with E-state index in [1.54, 1.807) is 4.90 Å². The second-order valence-electron chi connectivity index (χ2n) is 5.19. The molecular formula is C13H21NO3. The second kappa shape index (κ2) is 5.52. The maximum Gasteiger partial charge on any atom is 0.326 e. The first-order chi connectivity index (χ1) is 8.20. The first kappa shape index (κ1) is 12.4. The monoisotopic (exact) mass is 239 g/mol. The van der Waals surface area contributed by atoms with E-state index in [9.17, 15) is 14.7 Å². The molecule has 17 heavy (non-hydrogen) atoms. The number of aliphatic carboxylic acids is 1. The van der Waals surface area contributed by atoms with Gasteiger partial charge in [0, 0.05) is 12.5 Å². The van der Waals surface area contributed by atoms with Gasteiger partial charge in [-0.1, -0.05) is 25.7 Å². The van der Waals surface area contributed by atoms with Crippen LogP contribution in [0.1, 0.15) is 57.8 Å². The van der Waals surface area contributed by atoms with Crippen LogP contribution in [-0.4, -0.2) is 34.0 Å². The molecule has 1 amide bonds. The third-order valence-electron chi connectivity index (χ3n) is 4.00. The molecule has 1 saturated heterocycles. The number of piperidine rings is 1. The average molecular weight is 239 g/mol. The van der Waals surface area contributed by atoms with Crippen molar-refractivity contribution < 1.29 is 14.7 Å². The summed E-state index contributed by atoms with van der Waals surface area (Å²) in [7, 11) is 0. The SMILES string of the molecule is O=C(O)C1CCCC(=O)N1C1CCCCCC1. The summed E-state index contributed by atoms with van der Waals surface area (Å²) >= 11 is 0. The molecule has 0 spiro atoms. The van der Waals surface area contributed by atoms with Crippen molar-refractivity contribution in [2.45, 2.75) is 69.9 Å². The van der Waals surface area contributed by atoms with Gasteiger partial charge < -0.3 is 10.0 Å². The smallest absolute Gasteiger partial charge is 0.326 e. The van der Waals surface area contributed by atoms with Crippen molar-refractivity contribution in [1.82, 2.24) is 4.90 Å². The van der Waals surface area contributed by atoms with Gasteiger partial charge in [0.15, 0.2) is 0 Å². The van der Waals surface area contributed by atoms with E-state index in [1.165, 1.54) is 12.8 Å². The van der Waals surface area contributed by atoms with Gasteiger partial charge in [-0.25, -0.2) is 4.79 Å². The number of carboxylic acid groups (broad SMARTS) is 1. The molecule has 1 heterocycles. The van der Waals surface area contributed by atoms with E-state index in [1.807, 2.05) is 0 Å². The van der Waals surface area contributed by atoms with Gasteiger partial charge in [0.2, 0.25) is 5.91 Å². The standard InChI is InChI=1S/C13H21NO3/c15-12-9-5-8-11(13(16)17)14(12)10-6-3-1-2-4-7-10/h10-11H,1-9H2,(H,16,17).